The first-order valence-electron chi connectivity index (χ1n) is 6.52. The lowest BCUT2D eigenvalue weighted by molar-refractivity contribution is 0.0912. The number of nitrogens with zero attached hydrogens (tertiary/aromatic N) is 1. The molecule has 0 bridgehead atoms. The Morgan fingerprint density at radius 1 is 1.48 bits per heavy atom. The minimum Gasteiger partial charge on any atom is -0.387 e. The van der Waals surface area contributed by atoms with Gasteiger partial charge in [-0.3, -0.25) is 4.79 Å². The molecule has 0 aliphatic heterocycles. The summed E-state index contributed by atoms with van der Waals surface area (Å²) < 4.78 is 0. The van der Waals surface area contributed by atoms with E-state index in [2.05, 4.69) is 15.6 Å². The molecule has 2 aromatic rings. The molecule has 0 radical (unpaired) electrons. The van der Waals surface area contributed by atoms with E-state index in [9.17, 15) is 9.90 Å². The van der Waals surface area contributed by atoms with E-state index >= 15 is 0 Å². The summed E-state index contributed by atoms with van der Waals surface area (Å²) in [6, 6.07) is 7.00. The Bertz CT molecular complexity index is 618. The zero-order valence-electron chi connectivity index (χ0n) is 11.5. The van der Waals surface area contributed by atoms with Crippen LogP contribution in [0.15, 0.2) is 29.6 Å². The van der Waals surface area contributed by atoms with Crippen LogP contribution in [-0.2, 0) is 0 Å². The number of anilines is 1. The number of carbonyl (C=O) groups excluding carboxylic acids is 1. The van der Waals surface area contributed by atoms with Crippen LogP contribution in [0.25, 0.3) is 0 Å². The molecule has 0 fully saturated rings. The monoisotopic (exact) mass is 325 g/mol. The van der Waals surface area contributed by atoms with Gasteiger partial charge in [0.25, 0.3) is 5.91 Å². The summed E-state index contributed by atoms with van der Waals surface area (Å²) in [5, 5.41) is 18.6. The van der Waals surface area contributed by atoms with Gasteiger partial charge in [-0.2, -0.15) is 0 Å². The van der Waals surface area contributed by atoms with Gasteiger partial charge in [0.05, 0.1) is 6.10 Å². The van der Waals surface area contributed by atoms with Gasteiger partial charge in [0.2, 0.25) is 0 Å². The topological polar surface area (TPSA) is 74.2 Å². The molecule has 0 saturated heterocycles. The van der Waals surface area contributed by atoms with Gasteiger partial charge in [0, 0.05) is 29.1 Å². The number of hydrogen-bond acceptors (Lipinski definition) is 5. The fourth-order valence-electron chi connectivity index (χ4n) is 1.75. The van der Waals surface area contributed by atoms with Gasteiger partial charge in [-0.25, -0.2) is 4.98 Å². The molecule has 1 atom stereocenters. The van der Waals surface area contributed by atoms with Crippen LogP contribution in [0.2, 0.25) is 5.02 Å². The normalized spacial score (nSPS) is 12.0. The number of hydrogen-bond donors (Lipinski definition) is 3. The number of rotatable bonds is 6. The van der Waals surface area contributed by atoms with Crippen LogP contribution in [-0.4, -0.2) is 29.1 Å². The van der Waals surface area contributed by atoms with Gasteiger partial charge in [-0.1, -0.05) is 29.8 Å². The molecule has 1 heterocycles. The second kappa shape index (κ2) is 7.40. The van der Waals surface area contributed by atoms with Gasteiger partial charge in [-0.05, 0) is 13.0 Å². The molecular weight excluding hydrogens is 310 g/mol. The minimum absolute atomic E-state index is 0.0800. The number of halogens is 1. The summed E-state index contributed by atoms with van der Waals surface area (Å²) in [4.78, 5) is 16.1. The fourth-order valence-corrected chi connectivity index (χ4v) is 2.77. The molecule has 1 unspecified atom stereocenters. The highest BCUT2D eigenvalue weighted by atomic mass is 35.5. The Hall–Kier alpha value is -1.63. The van der Waals surface area contributed by atoms with Crippen molar-refractivity contribution >= 4 is 34.0 Å². The van der Waals surface area contributed by atoms with Crippen molar-refractivity contribution in [1.82, 2.24) is 10.3 Å². The van der Waals surface area contributed by atoms with Crippen molar-refractivity contribution in [3.63, 3.8) is 0 Å². The van der Waals surface area contributed by atoms with Crippen LogP contribution in [0.5, 0.6) is 0 Å². The molecular formula is C14H16ClN3O2S. The van der Waals surface area contributed by atoms with Gasteiger partial charge in [0.1, 0.15) is 5.69 Å². The van der Waals surface area contributed by atoms with Gasteiger partial charge >= 0.3 is 0 Å². The first kappa shape index (κ1) is 15.8. The Morgan fingerprint density at radius 2 is 2.24 bits per heavy atom. The average molecular weight is 326 g/mol. The summed E-state index contributed by atoms with van der Waals surface area (Å²) in [5.41, 5.74) is 0.924. The largest absolute Gasteiger partial charge is 0.387 e. The molecule has 1 amide bonds. The molecule has 7 heteroatoms. The van der Waals surface area contributed by atoms with Crippen LogP contribution in [0, 0.1) is 0 Å². The van der Waals surface area contributed by atoms with E-state index in [0.717, 1.165) is 6.54 Å². The average Bonchev–Trinajstić information content (AvgIpc) is 2.94. The van der Waals surface area contributed by atoms with Gasteiger partial charge < -0.3 is 15.7 Å². The summed E-state index contributed by atoms with van der Waals surface area (Å²) in [6.07, 6.45) is -0.852. The molecule has 3 N–H and O–H groups in total. The summed E-state index contributed by atoms with van der Waals surface area (Å²) in [7, 11) is 0. The second-order valence-corrected chi connectivity index (χ2v) is 5.58. The zero-order chi connectivity index (χ0) is 15.2. The smallest absolute Gasteiger partial charge is 0.270 e. The lowest BCUT2D eigenvalue weighted by Crippen LogP contribution is -2.28. The van der Waals surface area contributed by atoms with E-state index in [1.807, 2.05) is 6.92 Å². The van der Waals surface area contributed by atoms with E-state index in [1.54, 1.807) is 29.6 Å². The molecule has 1 aromatic carbocycles. The Balaban J connectivity index is 1.92. The van der Waals surface area contributed by atoms with Crippen LogP contribution >= 0.6 is 22.9 Å². The lowest BCUT2D eigenvalue weighted by Gasteiger charge is -2.13. The zero-order valence-corrected chi connectivity index (χ0v) is 13.0. The van der Waals surface area contributed by atoms with Crippen molar-refractivity contribution in [2.45, 2.75) is 13.0 Å². The predicted octanol–water partition coefficient (Wildman–Crippen LogP) is 2.69. The third-order valence-electron chi connectivity index (χ3n) is 2.79. The molecule has 0 saturated carbocycles. The molecule has 0 aliphatic rings. The molecule has 5 nitrogen and oxygen atoms in total. The standard InChI is InChI=1S/C14H16ClN3O2S/c1-2-16-14-18-11(8-21-14)13(20)17-7-12(19)9-5-3-4-6-10(9)15/h3-6,8,12,19H,2,7H2,1H3,(H,16,18)(H,17,20). The number of benzene rings is 1. The lowest BCUT2D eigenvalue weighted by atomic mass is 10.1. The number of aromatic nitrogens is 1. The predicted molar refractivity (Wildman–Crippen MR) is 85.0 cm³/mol. The highest BCUT2D eigenvalue weighted by Gasteiger charge is 2.15. The quantitative estimate of drug-likeness (QED) is 0.763. The second-order valence-electron chi connectivity index (χ2n) is 4.32. The van der Waals surface area contributed by atoms with Crippen molar-refractivity contribution < 1.29 is 9.90 Å². The first-order valence-corrected chi connectivity index (χ1v) is 7.77. The maximum absolute atomic E-state index is 11.9. The summed E-state index contributed by atoms with van der Waals surface area (Å²) in [5.74, 6) is -0.318. The van der Waals surface area contributed by atoms with Gasteiger partial charge in [-0.15, -0.1) is 11.3 Å². The maximum atomic E-state index is 11.9. The minimum atomic E-state index is -0.852. The van der Waals surface area contributed by atoms with Crippen molar-refractivity contribution in [1.29, 1.82) is 0 Å². The van der Waals surface area contributed by atoms with Crippen LogP contribution in [0.1, 0.15) is 29.1 Å². The van der Waals surface area contributed by atoms with Crippen molar-refractivity contribution in [3.05, 3.63) is 45.9 Å². The Morgan fingerprint density at radius 3 is 2.95 bits per heavy atom. The van der Waals surface area contributed by atoms with Crippen molar-refractivity contribution in [3.8, 4) is 0 Å². The molecule has 2 rings (SSSR count). The van der Waals surface area contributed by atoms with E-state index in [0.29, 0.717) is 21.4 Å². The fraction of sp³-hybridized carbons (Fsp3) is 0.286. The number of nitrogens with one attached hydrogen (secondary N) is 2. The molecule has 112 valence electrons. The highest BCUT2D eigenvalue weighted by Crippen LogP contribution is 2.22. The van der Waals surface area contributed by atoms with Crippen molar-refractivity contribution in [2.75, 3.05) is 18.4 Å². The Labute approximate surface area is 132 Å². The number of carbonyl (C=O) groups is 1. The first-order chi connectivity index (χ1) is 10.1. The number of thiazole rings is 1. The summed E-state index contributed by atoms with van der Waals surface area (Å²) in [6.45, 7) is 2.79. The number of aliphatic hydroxyl groups excluding tert-OH is 1. The SMILES string of the molecule is CCNc1nc(C(=O)NCC(O)c2ccccc2Cl)cs1. The van der Waals surface area contributed by atoms with Crippen LogP contribution in [0.3, 0.4) is 0 Å². The molecule has 0 spiro atoms. The maximum Gasteiger partial charge on any atom is 0.270 e. The molecule has 21 heavy (non-hydrogen) atoms. The van der Waals surface area contributed by atoms with E-state index in [1.165, 1.54) is 11.3 Å². The molecule has 0 aliphatic carbocycles. The van der Waals surface area contributed by atoms with E-state index in [4.69, 9.17) is 11.6 Å². The third-order valence-corrected chi connectivity index (χ3v) is 3.93. The summed E-state index contributed by atoms with van der Waals surface area (Å²) >= 11 is 7.37. The van der Waals surface area contributed by atoms with Crippen molar-refractivity contribution in [2.24, 2.45) is 0 Å². The van der Waals surface area contributed by atoms with Gasteiger partial charge in [0.15, 0.2) is 5.13 Å². The molecule has 1 aromatic heterocycles. The number of amides is 1. The Kier molecular flexibility index (Phi) is 5.55. The van der Waals surface area contributed by atoms with E-state index < -0.39 is 6.10 Å². The highest BCUT2D eigenvalue weighted by molar-refractivity contribution is 7.13. The number of aliphatic hydroxyl groups is 1. The van der Waals surface area contributed by atoms with E-state index in [-0.39, 0.29) is 12.5 Å². The van der Waals surface area contributed by atoms with Crippen LogP contribution < -0.4 is 10.6 Å². The third kappa shape index (κ3) is 4.17. The van der Waals surface area contributed by atoms with Crippen LogP contribution in [0.4, 0.5) is 5.13 Å².